The molecule has 0 aromatic carbocycles. The van der Waals surface area contributed by atoms with Gasteiger partial charge in [-0.25, -0.2) is 0 Å². The third-order valence-electron chi connectivity index (χ3n) is 3.70. The average Bonchev–Trinajstić information content (AvgIpc) is 2.96. The van der Waals surface area contributed by atoms with Crippen molar-refractivity contribution in [3.8, 4) is 0 Å². The van der Waals surface area contributed by atoms with Gasteiger partial charge >= 0.3 is 0 Å². The molecule has 1 aromatic heterocycles. The van der Waals surface area contributed by atoms with Crippen LogP contribution in [0.4, 0.5) is 0 Å². The molecule has 2 unspecified atom stereocenters. The van der Waals surface area contributed by atoms with Gasteiger partial charge in [-0.1, -0.05) is 32.8 Å². The van der Waals surface area contributed by atoms with E-state index in [4.69, 9.17) is 0 Å². The van der Waals surface area contributed by atoms with Crippen LogP contribution in [0, 0.1) is 5.92 Å². The zero-order chi connectivity index (χ0) is 13.8. The van der Waals surface area contributed by atoms with Crippen LogP contribution >= 0.6 is 11.3 Å². The maximum absolute atomic E-state index is 12.1. The van der Waals surface area contributed by atoms with Gasteiger partial charge in [0.05, 0.1) is 6.54 Å². The maximum atomic E-state index is 12.1. The summed E-state index contributed by atoms with van der Waals surface area (Å²) in [5, 5.41) is 5.40. The molecule has 1 amide bonds. The Morgan fingerprint density at radius 2 is 2.21 bits per heavy atom. The van der Waals surface area contributed by atoms with Crippen LogP contribution in [-0.4, -0.2) is 23.4 Å². The fraction of sp³-hybridized carbons (Fsp3) is 0.667. The first-order valence-corrected chi connectivity index (χ1v) is 8.05. The molecule has 4 heteroatoms. The van der Waals surface area contributed by atoms with Gasteiger partial charge in [-0.15, -0.1) is 11.3 Å². The molecule has 0 aliphatic carbocycles. The number of carbonyl (C=O) groups is 1. The van der Waals surface area contributed by atoms with Crippen molar-refractivity contribution in [2.24, 2.45) is 5.92 Å². The van der Waals surface area contributed by atoms with E-state index in [0.717, 1.165) is 12.3 Å². The Kier molecular flexibility index (Phi) is 4.99. The van der Waals surface area contributed by atoms with Gasteiger partial charge in [-0.2, -0.15) is 0 Å². The number of thiophene rings is 1. The molecule has 1 aromatic rings. The van der Waals surface area contributed by atoms with Gasteiger partial charge < -0.3 is 4.90 Å². The van der Waals surface area contributed by atoms with Crippen molar-refractivity contribution in [2.75, 3.05) is 6.54 Å². The Balaban J connectivity index is 1.97. The van der Waals surface area contributed by atoms with E-state index in [1.54, 1.807) is 11.3 Å². The summed E-state index contributed by atoms with van der Waals surface area (Å²) in [5.41, 5.74) is 0. The van der Waals surface area contributed by atoms with Crippen LogP contribution in [0.5, 0.6) is 0 Å². The minimum Gasteiger partial charge on any atom is -0.318 e. The first-order chi connectivity index (χ1) is 9.09. The minimum atomic E-state index is 0.0848. The van der Waals surface area contributed by atoms with E-state index < -0.39 is 0 Å². The van der Waals surface area contributed by atoms with Crippen molar-refractivity contribution >= 4 is 17.2 Å². The molecular formula is C15H24N2OS. The smallest absolute Gasteiger partial charge is 0.238 e. The summed E-state index contributed by atoms with van der Waals surface area (Å²) in [7, 11) is 0. The second-order valence-corrected chi connectivity index (χ2v) is 6.75. The summed E-state index contributed by atoms with van der Waals surface area (Å²) in [6, 6.07) is 4.47. The standard InChI is InChI=1S/C15H24N2OS/c1-11(2)6-4-7-12(3)17-14(18)10-16-15(17)13-8-5-9-19-13/h5,8-9,11-12,15-16H,4,6-7,10H2,1-3H3. The molecule has 1 aliphatic rings. The summed E-state index contributed by atoms with van der Waals surface area (Å²) in [6.07, 6.45) is 3.61. The summed E-state index contributed by atoms with van der Waals surface area (Å²) >= 11 is 1.72. The number of rotatable bonds is 6. The predicted octanol–water partition coefficient (Wildman–Crippen LogP) is 3.39. The number of nitrogens with one attached hydrogen (secondary N) is 1. The van der Waals surface area contributed by atoms with Crippen LogP contribution in [0.2, 0.25) is 0 Å². The lowest BCUT2D eigenvalue weighted by Crippen LogP contribution is -2.37. The summed E-state index contributed by atoms with van der Waals surface area (Å²) in [5.74, 6) is 0.975. The van der Waals surface area contributed by atoms with Crippen LogP contribution in [-0.2, 0) is 4.79 Å². The third-order valence-corrected chi connectivity index (χ3v) is 4.63. The topological polar surface area (TPSA) is 32.3 Å². The van der Waals surface area contributed by atoms with E-state index in [9.17, 15) is 4.79 Å². The first-order valence-electron chi connectivity index (χ1n) is 7.17. The average molecular weight is 280 g/mol. The highest BCUT2D eigenvalue weighted by molar-refractivity contribution is 7.10. The van der Waals surface area contributed by atoms with Crippen LogP contribution < -0.4 is 5.32 Å². The highest BCUT2D eigenvalue weighted by atomic mass is 32.1. The molecule has 1 saturated heterocycles. The SMILES string of the molecule is CC(C)CCCC(C)N1C(=O)CNC1c1cccs1. The lowest BCUT2D eigenvalue weighted by atomic mass is 10.0. The number of hydrogen-bond donors (Lipinski definition) is 1. The Morgan fingerprint density at radius 1 is 1.42 bits per heavy atom. The van der Waals surface area contributed by atoms with Crippen molar-refractivity contribution < 1.29 is 4.79 Å². The van der Waals surface area contributed by atoms with Crippen molar-refractivity contribution in [2.45, 2.75) is 52.2 Å². The van der Waals surface area contributed by atoms with E-state index in [-0.39, 0.29) is 12.1 Å². The minimum absolute atomic E-state index is 0.0848. The molecule has 2 atom stereocenters. The van der Waals surface area contributed by atoms with E-state index in [1.807, 2.05) is 11.0 Å². The molecule has 0 bridgehead atoms. The summed E-state index contributed by atoms with van der Waals surface area (Å²) in [4.78, 5) is 15.4. The van der Waals surface area contributed by atoms with Crippen LogP contribution in [0.25, 0.3) is 0 Å². The number of hydrogen-bond acceptors (Lipinski definition) is 3. The molecule has 0 radical (unpaired) electrons. The lowest BCUT2D eigenvalue weighted by Gasteiger charge is -2.30. The maximum Gasteiger partial charge on any atom is 0.238 e. The van der Waals surface area contributed by atoms with Gasteiger partial charge in [0.2, 0.25) is 5.91 Å². The highest BCUT2D eigenvalue weighted by Gasteiger charge is 2.35. The molecule has 1 N–H and O–H groups in total. The molecule has 3 nitrogen and oxygen atoms in total. The van der Waals surface area contributed by atoms with Gasteiger partial charge in [0.1, 0.15) is 6.17 Å². The van der Waals surface area contributed by atoms with Gasteiger partial charge in [-0.05, 0) is 30.7 Å². The zero-order valence-electron chi connectivity index (χ0n) is 12.1. The Hall–Kier alpha value is -0.870. The summed E-state index contributed by atoms with van der Waals surface area (Å²) < 4.78 is 0. The molecular weight excluding hydrogens is 256 g/mol. The second kappa shape index (κ2) is 6.53. The fourth-order valence-electron chi connectivity index (χ4n) is 2.66. The molecule has 1 fully saturated rings. The third kappa shape index (κ3) is 3.57. The Bertz CT molecular complexity index is 402. The number of nitrogens with zero attached hydrogens (tertiary/aromatic N) is 1. The molecule has 106 valence electrons. The lowest BCUT2D eigenvalue weighted by molar-refractivity contribution is -0.130. The van der Waals surface area contributed by atoms with Crippen LogP contribution in [0.15, 0.2) is 17.5 Å². The zero-order valence-corrected chi connectivity index (χ0v) is 12.9. The number of amides is 1. The van der Waals surface area contributed by atoms with Crippen molar-refractivity contribution in [3.05, 3.63) is 22.4 Å². The Labute approximate surface area is 120 Å². The van der Waals surface area contributed by atoms with Gasteiger partial charge in [0.25, 0.3) is 0 Å². The fourth-order valence-corrected chi connectivity index (χ4v) is 3.46. The molecule has 19 heavy (non-hydrogen) atoms. The van der Waals surface area contributed by atoms with E-state index in [0.29, 0.717) is 12.6 Å². The molecule has 0 saturated carbocycles. The van der Waals surface area contributed by atoms with Gasteiger partial charge in [0.15, 0.2) is 0 Å². The second-order valence-electron chi connectivity index (χ2n) is 5.77. The Morgan fingerprint density at radius 3 is 2.84 bits per heavy atom. The highest BCUT2D eigenvalue weighted by Crippen LogP contribution is 2.29. The van der Waals surface area contributed by atoms with Crippen LogP contribution in [0.3, 0.4) is 0 Å². The van der Waals surface area contributed by atoms with Crippen molar-refractivity contribution in [3.63, 3.8) is 0 Å². The van der Waals surface area contributed by atoms with E-state index in [1.165, 1.54) is 17.7 Å². The predicted molar refractivity (Wildman–Crippen MR) is 80.1 cm³/mol. The molecule has 2 heterocycles. The molecule has 2 rings (SSSR count). The normalized spacial score (nSPS) is 21.4. The first kappa shape index (κ1) is 14.5. The van der Waals surface area contributed by atoms with E-state index in [2.05, 4.69) is 37.5 Å². The quantitative estimate of drug-likeness (QED) is 0.866. The number of carbonyl (C=O) groups excluding carboxylic acids is 1. The van der Waals surface area contributed by atoms with Crippen molar-refractivity contribution in [1.82, 2.24) is 10.2 Å². The molecule has 1 aliphatic heterocycles. The van der Waals surface area contributed by atoms with Gasteiger partial charge in [0, 0.05) is 10.9 Å². The monoisotopic (exact) mass is 280 g/mol. The van der Waals surface area contributed by atoms with Gasteiger partial charge in [-0.3, -0.25) is 10.1 Å². The largest absolute Gasteiger partial charge is 0.318 e. The molecule has 0 spiro atoms. The summed E-state index contributed by atoms with van der Waals surface area (Å²) in [6.45, 7) is 7.15. The van der Waals surface area contributed by atoms with Crippen molar-refractivity contribution in [1.29, 1.82) is 0 Å². The van der Waals surface area contributed by atoms with Crippen LogP contribution in [0.1, 0.15) is 51.1 Å². The van der Waals surface area contributed by atoms with E-state index >= 15 is 0 Å².